The number of hydrogen-bond acceptors (Lipinski definition) is 6. The molecule has 5 rings (SSSR count). The number of fused-ring (bicyclic) bond motifs is 6. The summed E-state index contributed by atoms with van der Waals surface area (Å²) in [4.78, 5) is 24.7. The van der Waals surface area contributed by atoms with E-state index in [1.165, 1.54) is 14.0 Å². The van der Waals surface area contributed by atoms with E-state index in [-0.39, 0.29) is 36.4 Å². The zero-order valence-corrected chi connectivity index (χ0v) is 16.0. The van der Waals surface area contributed by atoms with E-state index in [1.54, 1.807) is 7.11 Å². The number of carbonyl (C=O) groups excluding carboxylic acids is 2. The average Bonchev–Trinajstić information content (AvgIpc) is 3.18. The summed E-state index contributed by atoms with van der Waals surface area (Å²) in [6.45, 7) is 1.66. The van der Waals surface area contributed by atoms with E-state index in [2.05, 4.69) is 5.32 Å². The number of benzene rings is 1. The molecule has 1 amide bonds. The van der Waals surface area contributed by atoms with Crippen LogP contribution >= 0.6 is 0 Å². The zero-order valence-electron chi connectivity index (χ0n) is 16.0. The predicted octanol–water partition coefficient (Wildman–Crippen LogP) is 1.99. The van der Waals surface area contributed by atoms with Crippen LogP contribution in [0.5, 0.6) is 17.2 Å². The van der Waals surface area contributed by atoms with Gasteiger partial charge in [0.2, 0.25) is 24.2 Å². The molecule has 3 aliphatic carbocycles. The summed E-state index contributed by atoms with van der Waals surface area (Å²) >= 11 is 0. The second kappa shape index (κ2) is 6.02. The topological polar surface area (TPSA) is 83.1 Å². The number of amides is 1. The van der Waals surface area contributed by atoms with Crippen LogP contribution in [0, 0.1) is 11.8 Å². The molecule has 1 unspecified atom stereocenters. The van der Waals surface area contributed by atoms with Crippen LogP contribution < -0.4 is 19.5 Å². The molecule has 0 radical (unpaired) electrons. The van der Waals surface area contributed by atoms with Gasteiger partial charge in [0.25, 0.3) is 0 Å². The maximum Gasteiger partial charge on any atom is 0.231 e. The summed E-state index contributed by atoms with van der Waals surface area (Å²) in [5.41, 5.74) is 4.03. The third-order valence-electron chi connectivity index (χ3n) is 6.04. The number of aryl methyl sites for hydroxylation is 1. The molecule has 7 heteroatoms. The number of carbonyl (C=O) groups is 2. The Morgan fingerprint density at radius 1 is 1.25 bits per heavy atom. The van der Waals surface area contributed by atoms with Gasteiger partial charge in [-0.3, -0.25) is 9.59 Å². The van der Waals surface area contributed by atoms with Gasteiger partial charge in [0.15, 0.2) is 17.3 Å². The van der Waals surface area contributed by atoms with E-state index in [9.17, 15) is 9.59 Å². The Balaban J connectivity index is 1.73. The Hall–Kier alpha value is -2.96. The monoisotopic (exact) mass is 383 g/mol. The molecular weight excluding hydrogens is 362 g/mol. The maximum absolute atomic E-state index is 12.8. The lowest BCUT2D eigenvalue weighted by atomic mass is 9.64. The molecule has 4 aliphatic rings. The normalized spacial score (nSPS) is 26.5. The van der Waals surface area contributed by atoms with Crippen LogP contribution in [0.4, 0.5) is 0 Å². The minimum atomic E-state index is -0.289. The van der Waals surface area contributed by atoms with Crippen LogP contribution in [-0.2, 0) is 20.7 Å². The molecule has 3 atom stereocenters. The average molecular weight is 383 g/mol. The molecule has 0 bridgehead atoms. The Morgan fingerprint density at radius 3 is 2.79 bits per heavy atom. The van der Waals surface area contributed by atoms with Crippen molar-refractivity contribution in [2.45, 2.75) is 25.8 Å². The highest BCUT2D eigenvalue weighted by Crippen LogP contribution is 2.60. The van der Waals surface area contributed by atoms with Crippen LogP contribution in [0.15, 0.2) is 23.5 Å². The summed E-state index contributed by atoms with van der Waals surface area (Å²) in [7, 11) is 3.12. The lowest BCUT2D eigenvalue weighted by molar-refractivity contribution is -0.122. The Labute approximate surface area is 162 Å². The van der Waals surface area contributed by atoms with Gasteiger partial charge in [0.1, 0.15) is 0 Å². The number of ketones is 1. The van der Waals surface area contributed by atoms with Gasteiger partial charge < -0.3 is 24.3 Å². The van der Waals surface area contributed by atoms with Crippen molar-refractivity contribution in [3.63, 3.8) is 0 Å². The molecule has 0 spiro atoms. The van der Waals surface area contributed by atoms with Gasteiger partial charge in [-0.2, -0.15) is 0 Å². The second-order valence-electron chi connectivity index (χ2n) is 7.44. The van der Waals surface area contributed by atoms with E-state index in [0.717, 1.165) is 28.7 Å². The number of rotatable bonds is 3. The van der Waals surface area contributed by atoms with Crippen molar-refractivity contribution < 1.29 is 28.5 Å². The quantitative estimate of drug-likeness (QED) is 0.860. The van der Waals surface area contributed by atoms with Gasteiger partial charge in [-0.15, -0.1) is 0 Å². The molecule has 1 heterocycles. The molecule has 28 heavy (non-hydrogen) atoms. The van der Waals surface area contributed by atoms with Crippen LogP contribution in [0.1, 0.15) is 24.5 Å². The minimum absolute atomic E-state index is 0.0234. The minimum Gasteiger partial charge on any atom is -0.493 e. The van der Waals surface area contributed by atoms with Crippen molar-refractivity contribution in [3.8, 4) is 17.2 Å². The molecule has 146 valence electrons. The summed E-state index contributed by atoms with van der Waals surface area (Å²) in [6, 6.07) is 1.79. The fourth-order valence-corrected chi connectivity index (χ4v) is 4.99. The van der Waals surface area contributed by atoms with Crippen LogP contribution in [0.2, 0.25) is 0 Å². The smallest absolute Gasteiger partial charge is 0.231 e. The molecule has 1 aliphatic heterocycles. The lowest BCUT2D eigenvalue weighted by Gasteiger charge is -2.40. The van der Waals surface area contributed by atoms with Crippen molar-refractivity contribution in [3.05, 3.63) is 34.6 Å². The van der Waals surface area contributed by atoms with Gasteiger partial charge >= 0.3 is 0 Å². The number of ether oxygens (including phenoxy) is 4. The lowest BCUT2D eigenvalue weighted by Crippen LogP contribution is -2.44. The zero-order chi connectivity index (χ0) is 19.6. The van der Waals surface area contributed by atoms with Gasteiger partial charge in [0, 0.05) is 18.4 Å². The molecule has 1 aromatic carbocycles. The standard InChI is InChI=1S/C21H21NO6/c1-9(23)22-12-5-4-10-6-14-20(28-8-27-14)21(26-3)15(10)16-11-7-13(25-2)19(24)17(11)18(12)16/h6-7,11-12,17H,4-5,8H2,1-3H3,(H,22,23)/t11-,12-,17?/m0/s1. The first-order chi connectivity index (χ1) is 13.5. The second-order valence-corrected chi connectivity index (χ2v) is 7.44. The highest BCUT2D eigenvalue weighted by Gasteiger charge is 2.54. The molecule has 0 aromatic heterocycles. The SMILES string of the molecule is COC1=C[C@H]2C3=C(C2C1=O)[C@@H](NC(C)=O)CCc1cc2c(c(OC)c13)OCO2. The van der Waals surface area contributed by atoms with Crippen LogP contribution in [0.3, 0.4) is 0 Å². The van der Waals surface area contributed by atoms with E-state index in [4.69, 9.17) is 18.9 Å². The molecule has 1 aromatic rings. The predicted molar refractivity (Wildman–Crippen MR) is 99.0 cm³/mol. The van der Waals surface area contributed by atoms with E-state index in [1.807, 2.05) is 12.1 Å². The third-order valence-corrected chi connectivity index (χ3v) is 6.04. The third kappa shape index (κ3) is 2.16. The number of allylic oxidation sites excluding steroid dienone is 3. The summed E-state index contributed by atoms with van der Waals surface area (Å²) < 4.78 is 22.3. The summed E-state index contributed by atoms with van der Waals surface area (Å²) in [5.74, 6) is 1.76. The fourth-order valence-electron chi connectivity index (χ4n) is 4.99. The first-order valence-electron chi connectivity index (χ1n) is 9.36. The highest BCUT2D eigenvalue weighted by atomic mass is 16.7. The number of nitrogens with one attached hydrogen (secondary N) is 1. The summed E-state index contributed by atoms with van der Waals surface area (Å²) in [6.07, 6.45) is 3.32. The van der Waals surface area contributed by atoms with E-state index >= 15 is 0 Å². The first kappa shape index (κ1) is 17.2. The Kier molecular flexibility index (Phi) is 3.69. The molecule has 7 nitrogen and oxygen atoms in total. The van der Waals surface area contributed by atoms with Crippen molar-refractivity contribution in [1.82, 2.24) is 5.32 Å². The first-order valence-corrected chi connectivity index (χ1v) is 9.36. The number of methoxy groups -OCH3 is 2. The van der Waals surface area contributed by atoms with E-state index in [0.29, 0.717) is 29.4 Å². The molecule has 0 saturated carbocycles. The molecule has 1 N–H and O–H groups in total. The maximum atomic E-state index is 12.8. The van der Waals surface area contributed by atoms with Crippen molar-refractivity contribution >= 4 is 17.3 Å². The summed E-state index contributed by atoms with van der Waals surface area (Å²) in [5, 5.41) is 3.03. The number of Topliss-reactive ketones (excluding diaryl/α,β-unsaturated/α-hetero) is 1. The Bertz CT molecular complexity index is 976. The van der Waals surface area contributed by atoms with Gasteiger partial charge in [0.05, 0.1) is 26.2 Å². The van der Waals surface area contributed by atoms with Crippen molar-refractivity contribution in [1.29, 1.82) is 0 Å². The van der Waals surface area contributed by atoms with Crippen LogP contribution in [-0.4, -0.2) is 38.7 Å². The van der Waals surface area contributed by atoms with Gasteiger partial charge in [-0.05, 0) is 41.7 Å². The molecule has 0 saturated heterocycles. The largest absolute Gasteiger partial charge is 0.493 e. The molecule has 0 fully saturated rings. The highest BCUT2D eigenvalue weighted by molar-refractivity contribution is 6.08. The Morgan fingerprint density at radius 2 is 2.07 bits per heavy atom. The fraction of sp³-hybridized carbons (Fsp3) is 0.429. The van der Waals surface area contributed by atoms with Gasteiger partial charge in [-0.1, -0.05) is 0 Å². The number of hydrogen-bond donors (Lipinski definition) is 1. The van der Waals surface area contributed by atoms with Crippen LogP contribution in [0.25, 0.3) is 5.57 Å². The van der Waals surface area contributed by atoms with E-state index < -0.39 is 0 Å². The van der Waals surface area contributed by atoms with Crippen molar-refractivity contribution in [2.24, 2.45) is 11.8 Å². The molecular formula is C21H21NO6. The van der Waals surface area contributed by atoms with Gasteiger partial charge in [-0.25, -0.2) is 0 Å². The van der Waals surface area contributed by atoms with Crippen molar-refractivity contribution in [2.75, 3.05) is 21.0 Å².